The van der Waals surface area contributed by atoms with Gasteiger partial charge in [-0.05, 0) is 99.4 Å². The van der Waals surface area contributed by atoms with Crippen LogP contribution in [-0.2, 0) is 47.0 Å². The number of nitrogens with zero attached hydrogens (tertiary/aromatic N) is 3. The summed E-state index contributed by atoms with van der Waals surface area (Å²) in [5, 5.41) is 9.60. The SMILES string of the molecule is CC1(C)C2=CC(Cl)=CN(CCCCS(=O)(=O)[O-])C2=N/C1=C/C=C(/C=C/C1=[N+](CCCCS(=O)(=O)[O-])c2ccc(S(=O)(=O)[O-])cc2C1(C)C)c1cccc(CCCCC(=O)O)c1.[Na+].[Na+]. The maximum Gasteiger partial charge on any atom is 1.00 e. The third kappa shape index (κ3) is 14.9. The molecule has 3 aliphatic heterocycles. The molecule has 330 valence electrons. The summed E-state index contributed by atoms with van der Waals surface area (Å²) < 4.78 is 106. The van der Waals surface area contributed by atoms with Gasteiger partial charge in [0.2, 0.25) is 5.69 Å². The summed E-state index contributed by atoms with van der Waals surface area (Å²) >= 11 is 6.56. The molecule has 0 aromatic heterocycles. The molecule has 3 heterocycles. The first-order valence-corrected chi connectivity index (χ1v) is 24.8. The van der Waals surface area contributed by atoms with Crippen LogP contribution in [0.25, 0.3) is 5.57 Å². The number of aliphatic imine (C=N–C) groups is 1. The predicted octanol–water partition coefficient (Wildman–Crippen LogP) is 0.707. The van der Waals surface area contributed by atoms with E-state index in [1.165, 1.54) is 12.1 Å². The van der Waals surface area contributed by atoms with Crippen LogP contribution in [0.3, 0.4) is 0 Å². The number of hydrogen-bond acceptors (Lipinski definition) is 12. The van der Waals surface area contributed by atoms with E-state index in [1.54, 1.807) is 12.3 Å². The fraction of sp³-hybridized carbons (Fsp3) is 0.419. The van der Waals surface area contributed by atoms with Crippen LogP contribution in [0.2, 0.25) is 0 Å². The largest absolute Gasteiger partial charge is 1.00 e. The van der Waals surface area contributed by atoms with Gasteiger partial charge in [-0.25, -0.2) is 30.2 Å². The molecule has 14 nitrogen and oxygen atoms in total. The summed E-state index contributed by atoms with van der Waals surface area (Å²) in [6, 6.07) is 12.1. The molecule has 0 saturated heterocycles. The van der Waals surface area contributed by atoms with Gasteiger partial charge in [0.25, 0.3) is 0 Å². The molecule has 5 rings (SSSR count). The standard InChI is InChI=1S/C43H52ClN3O11S3.2Na/c1-42(2)36-27-33(44)29-46(22-7-9-24-59(50,51)52)41(36)45-38(42)20-16-31(32-14-11-13-30(26-32)12-5-6-15-40(48)49)17-21-39-43(3,4)35-28-34(61(56,57)58)18-19-37(35)47(39)23-8-10-25-60(53,54)55;;/h11,13-14,16-21,26-29H,5-10,12,15,22-25H2,1-4H3,(H3-,48,49,50,51,52,53,54,55,56,57,58);;/q;2*+1/p-2. The summed E-state index contributed by atoms with van der Waals surface area (Å²) in [5.74, 6) is -1.20. The van der Waals surface area contributed by atoms with Gasteiger partial charge in [0, 0.05) is 65.8 Å². The van der Waals surface area contributed by atoms with Crippen LogP contribution in [0.1, 0.15) is 89.3 Å². The van der Waals surface area contributed by atoms with Crippen molar-refractivity contribution in [2.24, 2.45) is 10.4 Å². The number of aryl methyl sites for hydroxylation is 1. The number of fused-ring (bicyclic) bond motifs is 2. The first-order chi connectivity index (χ1) is 28.4. The van der Waals surface area contributed by atoms with Crippen molar-refractivity contribution in [1.82, 2.24) is 4.90 Å². The smallest absolute Gasteiger partial charge is 0.748 e. The van der Waals surface area contributed by atoms with Gasteiger partial charge in [-0.15, -0.1) is 0 Å². The number of benzene rings is 2. The summed E-state index contributed by atoms with van der Waals surface area (Å²) in [6.45, 7) is 8.51. The maximum atomic E-state index is 12.1. The van der Waals surface area contributed by atoms with Crippen LogP contribution in [0.4, 0.5) is 5.69 Å². The average molecular weight is 963 g/mol. The van der Waals surface area contributed by atoms with Gasteiger partial charge >= 0.3 is 65.1 Å². The van der Waals surface area contributed by atoms with E-state index in [0.29, 0.717) is 73.0 Å². The molecule has 0 amide bonds. The van der Waals surface area contributed by atoms with E-state index in [2.05, 4.69) is 0 Å². The van der Waals surface area contributed by atoms with E-state index in [-0.39, 0.29) is 83.3 Å². The number of halogens is 1. The number of carbonyl (C=O) groups is 1. The van der Waals surface area contributed by atoms with Gasteiger partial charge in [-0.2, -0.15) is 4.58 Å². The van der Waals surface area contributed by atoms with Crippen molar-refractivity contribution in [3.63, 3.8) is 0 Å². The summed E-state index contributed by atoms with van der Waals surface area (Å²) in [4.78, 5) is 17.6. The van der Waals surface area contributed by atoms with E-state index in [0.717, 1.165) is 28.0 Å². The van der Waals surface area contributed by atoms with Crippen LogP contribution in [0.15, 0.2) is 105 Å². The van der Waals surface area contributed by atoms with Gasteiger partial charge in [0.05, 0.1) is 41.3 Å². The molecule has 1 N–H and O–H groups in total. The topological polar surface area (TPSA) is 228 Å². The van der Waals surface area contributed by atoms with Gasteiger partial charge in [-0.3, -0.25) is 4.79 Å². The Morgan fingerprint density at radius 3 is 2.17 bits per heavy atom. The first kappa shape index (κ1) is 55.1. The molecule has 2 aromatic rings. The number of carboxylic acids is 1. The van der Waals surface area contributed by atoms with Gasteiger partial charge in [0.1, 0.15) is 22.5 Å². The number of carboxylic acid groups (broad SMARTS) is 1. The van der Waals surface area contributed by atoms with Crippen LogP contribution in [0, 0.1) is 5.41 Å². The second-order valence-electron chi connectivity index (χ2n) is 16.4. The quantitative estimate of drug-likeness (QED) is 0.0637. The Balaban J connectivity index is 0.00000528. The summed E-state index contributed by atoms with van der Waals surface area (Å²) in [6.07, 6.45) is 14.2. The minimum atomic E-state index is -4.78. The zero-order valence-corrected chi connectivity index (χ0v) is 43.7. The van der Waals surface area contributed by atoms with E-state index in [1.807, 2.05) is 91.8 Å². The Labute approximate surface area is 420 Å². The molecule has 0 fully saturated rings. The predicted molar refractivity (Wildman–Crippen MR) is 232 cm³/mol. The molecule has 0 bridgehead atoms. The molecule has 2 aromatic carbocycles. The number of allylic oxidation sites excluding steroid dienone is 8. The maximum absolute atomic E-state index is 12.1. The van der Waals surface area contributed by atoms with Crippen molar-refractivity contribution in [3.05, 3.63) is 112 Å². The number of rotatable bonds is 20. The number of unbranched alkanes of at least 4 members (excludes halogenated alkanes) is 3. The molecule has 0 spiro atoms. The Kier molecular flexibility index (Phi) is 19.7. The van der Waals surface area contributed by atoms with Gasteiger partial charge in [0.15, 0.2) is 5.71 Å². The van der Waals surface area contributed by atoms with E-state index >= 15 is 0 Å². The third-order valence-corrected chi connectivity index (χ3v) is 13.7. The van der Waals surface area contributed by atoms with Crippen molar-refractivity contribution in [2.45, 2.75) is 89.4 Å². The third-order valence-electron chi connectivity index (χ3n) is 11.0. The van der Waals surface area contributed by atoms with Crippen LogP contribution < -0.4 is 59.1 Å². The van der Waals surface area contributed by atoms with Crippen molar-refractivity contribution in [3.8, 4) is 0 Å². The molecular weight excluding hydrogens is 912 g/mol. The van der Waals surface area contributed by atoms with Crippen LogP contribution in [-0.4, -0.2) is 95.6 Å². The van der Waals surface area contributed by atoms with Crippen LogP contribution in [0.5, 0.6) is 0 Å². The number of amidine groups is 1. The second-order valence-corrected chi connectivity index (χ2v) is 21.2. The van der Waals surface area contributed by atoms with Gasteiger partial charge in [-0.1, -0.05) is 55.8 Å². The molecule has 63 heavy (non-hydrogen) atoms. The molecule has 0 radical (unpaired) electrons. The Bertz CT molecular complexity index is 2630. The molecule has 0 aliphatic carbocycles. The monoisotopic (exact) mass is 961 g/mol. The van der Waals surface area contributed by atoms with Crippen molar-refractivity contribution in [2.75, 3.05) is 24.6 Å². The number of hydrogen-bond donors (Lipinski definition) is 1. The second kappa shape index (κ2) is 22.5. The van der Waals surface area contributed by atoms with Crippen molar-refractivity contribution in [1.29, 1.82) is 0 Å². The molecule has 0 atom stereocenters. The fourth-order valence-electron chi connectivity index (χ4n) is 7.75. The van der Waals surface area contributed by atoms with Gasteiger partial charge < -0.3 is 23.7 Å². The minimum Gasteiger partial charge on any atom is -0.748 e. The molecule has 0 unspecified atom stereocenters. The van der Waals surface area contributed by atoms with E-state index in [9.17, 15) is 43.7 Å². The molecular formula is C43H50ClN3Na2O11S3. The minimum absolute atomic E-state index is 0. The van der Waals surface area contributed by atoms with Crippen molar-refractivity contribution < 1.29 is 113 Å². The zero-order chi connectivity index (χ0) is 45.0. The number of aliphatic carboxylic acids is 1. The van der Waals surface area contributed by atoms with Crippen LogP contribution >= 0.6 is 11.6 Å². The normalized spacial score (nSPS) is 17.8. The Morgan fingerprint density at radius 2 is 1.54 bits per heavy atom. The fourth-order valence-corrected chi connectivity index (χ4v) is 9.59. The van der Waals surface area contributed by atoms with E-state index < -0.39 is 58.7 Å². The van der Waals surface area contributed by atoms with Crippen molar-refractivity contribution >= 4 is 70.7 Å². The Morgan fingerprint density at radius 1 is 0.873 bits per heavy atom. The zero-order valence-electron chi connectivity index (χ0n) is 36.5. The average Bonchev–Trinajstić information content (AvgIpc) is 3.53. The summed E-state index contributed by atoms with van der Waals surface area (Å²) in [5.41, 5.74) is 4.67. The Hall–Kier alpha value is -2.23. The first-order valence-electron chi connectivity index (χ1n) is 19.9. The summed E-state index contributed by atoms with van der Waals surface area (Å²) in [7, 11) is -13.6. The molecule has 3 aliphatic rings. The molecule has 0 saturated carbocycles. The van der Waals surface area contributed by atoms with E-state index in [4.69, 9.17) is 21.7 Å². The molecule has 20 heteroatoms.